The molecule has 3 rings (SSSR count). The first kappa shape index (κ1) is 39.1. The Morgan fingerprint density at radius 1 is 0.805 bits per heavy atom. The summed E-state index contributed by atoms with van der Waals surface area (Å²) < 4.78 is 17.2. The number of esters is 1. The molecule has 0 amide bonds. The van der Waals surface area contributed by atoms with Gasteiger partial charge in [0.1, 0.15) is 17.0 Å². The van der Waals surface area contributed by atoms with Gasteiger partial charge in [-0.05, 0) is 58.9 Å². The Kier molecular flexibility index (Phi) is 19.8. The molecule has 3 aromatic rings. The van der Waals surface area contributed by atoms with Crippen LogP contribution in [0.25, 0.3) is 0 Å². The van der Waals surface area contributed by atoms with Crippen LogP contribution in [-0.4, -0.2) is 36.5 Å². The Hall–Kier alpha value is -4.07. The van der Waals surface area contributed by atoms with E-state index in [4.69, 9.17) is 25.4 Å². The summed E-state index contributed by atoms with van der Waals surface area (Å²) in [5.41, 5.74) is 6.16. The highest BCUT2D eigenvalue weighted by molar-refractivity contribution is 5.85. The van der Waals surface area contributed by atoms with Gasteiger partial charge in [-0.3, -0.25) is 5.41 Å². The number of methoxy groups -OCH3 is 1. The van der Waals surface area contributed by atoms with E-state index in [-0.39, 0.29) is 11.8 Å². The van der Waals surface area contributed by atoms with Gasteiger partial charge < -0.3 is 24.8 Å². The summed E-state index contributed by atoms with van der Waals surface area (Å²) in [4.78, 5) is 19.0. The smallest absolute Gasteiger partial charge is 0.331 e. The molecule has 41 heavy (non-hydrogen) atoms. The lowest BCUT2D eigenvalue weighted by atomic mass is 10.00. The van der Waals surface area contributed by atoms with E-state index >= 15 is 0 Å². The molecule has 0 saturated heterocycles. The van der Waals surface area contributed by atoms with Crippen LogP contribution in [0.15, 0.2) is 60.7 Å². The highest BCUT2D eigenvalue weighted by Crippen LogP contribution is 2.41. The summed E-state index contributed by atoms with van der Waals surface area (Å²) in [7, 11) is 3.24. The van der Waals surface area contributed by atoms with Crippen LogP contribution in [0.4, 0.5) is 5.69 Å². The van der Waals surface area contributed by atoms with Gasteiger partial charge in [-0.15, -0.1) is 0 Å². The lowest BCUT2D eigenvalue weighted by Gasteiger charge is -2.37. The number of nitrogens with zero attached hydrogens (tertiary/aromatic N) is 2. The van der Waals surface area contributed by atoms with Crippen molar-refractivity contribution >= 4 is 17.5 Å². The molecule has 0 radical (unpaired) electrons. The van der Waals surface area contributed by atoms with Crippen molar-refractivity contribution in [2.24, 2.45) is 5.73 Å². The number of likely N-dealkylation sites (N-methyl/N-ethyl adjacent to an activating group) is 1. The van der Waals surface area contributed by atoms with Gasteiger partial charge in [0.05, 0.1) is 18.6 Å². The third-order valence-electron chi connectivity index (χ3n) is 5.33. The number of hydrogen-bond acceptors (Lipinski definition) is 7. The van der Waals surface area contributed by atoms with Crippen LogP contribution in [0, 0.1) is 19.3 Å². The molecule has 0 unspecified atom stereocenters. The second kappa shape index (κ2) is 20.8. The molecule has 0 atom stereocenters. The largest absolute Gasteiger partial charge is 0.467 e. The summed E-state index contributed by atoms with van der Waals surface area (Å²) >= 11 is 0. The van der Waals surface area contributed by atoms with E-state index < -0.39 is 5.54 Å². The van der Waals surface area contributed by atoms with Gasteiger partial charge >= 0.3 is 5.97 Å². The molecule has 0 aliphatic carbocycles. The van der Waals surface area contributed by atoms with Crippen molar-refractivity contribution in [3.63, 3.8) is 0 Å². The number of pyridine rings is 1. The third kappa shape index (κ3) is 12.3. The number of nitrogens with one attached hydrogen (secondary N) is 1. The SMILES string of the molecule is CC.CC.CC.CC(=N)N.COC(=O)C(C)(C)N(C)c1c(C)c(Oc2ccccc2)nc(Oc2ccccc2)c1C. The van der Waals surface area contributed by atoms with Gasteiger partial charge in [-0.1, -0.05) is 77.9 Å². The number of nitrogens with two attached hydrogens (primary N) is 1. The maximum Gasteiger partial charge on any atom is 0.331 e. The maximum absolute atomic E-state index is 12.5. The number of para-hydroxylation sites is 2. The van der Waals surface area contributed by atoms with E-state index in [1.165, 1.54) is 14.0 Å². The zero-order valence-corrected chi connectivity index (χ0v) is 27.4. The molecule has 8 nitrogen and oxygen atoms in total. The monoisotopic (exact) mass is 568 g/mol. The molecule has 0 aliphatic rings. The van der Waals surface area contributed by atoms with Gasteiger partial charge in [0.2, 0.25) is 11.8 Å². The van der Waals surface area contributed by atoms with Crippen LogP contribution in [0.2, 0.25) is 0 Å². The second-order valence-corrected chi connectivity index (χ2v) is 8.44. The Balaban J connectivity index is 0. The van der Waals surface area contributed by atoms with Crippen LogP contribution >= 0.6 is 0 Å². The van der Waals surface area contributed by atoms with Crippen molar-refractivity contribution in [1.29, 1.82) is 5.41 Å². The van der Waals surface area contributed by atoms with Crippen LogP contribution in [0.5, 0.6) is 23.3 Å². The summed E-state index contributed by atoms with van der Waals surface area (Å²) in [5.74, 6) is 1.96. The Morgan fingerprint density at radius 2 is 1.12 bits per heavy atom. The number of anilines is 1. The van der Waals surface area contributed by atoms with E-state index in [9.17, 15) is 4.79 Å². The molecule has 0 saturated carbocycles. The van der Waals surface area contributed by atoms with E-state index in [1.807, 2.05) is 142 Å². The van der Waals surface area contributed by atoms with Crippen LogP contribution in [0.1, 0.15) is 73.4 Å². The van der Waals surface area contributed by atoms with Crippen molar-refractivity contribution in [2.45, 2.75) is 81.7 Å². The first-order chi connectivity index (χ1) is 19.5. The molecule has 2 aromatic carbocycles. The normalized spacial score (nSPS) is 9.39. The summed E-state index contributed by atoms with van der Waals surface area (Å²) in [6.07, 6.45) is 0. The zero-order chi connectivity index (χ0) is 32.2. The minimum Gasteiger partial charge on any atom is -0.467 e. The lowest BCUT2D eigenvalue weighted by molar-refractivity contribution is -0.145. The molecule has 0 aliphatic heterocycles. The zero-order valence-electron chi connectivity index (χ0n) is 27.4. The topological polar surface area (TPSA) is 111 Å². The van der Waals surface area contributed by atoms with E-state index in [2.05, 4.69) is 4.98 Å². The van der Waals surface area contributed by atoms with E-state index in [0.29, 0.717) is 23.3 Å². The van der Waals surface area contributed by atoms with Crippen LogP contribution < -0.4 is 20.1 Å². The van der Waals surface area contributed by atoms with E-state index in [1.54, 1.807) is 0 Å². The number of benzene rings is 2. The fourth-order valence-electron chi connectivity index (χ4n) is 3.31. The number of carbonyl (C=O) groups excluding carboxylic acids is 1. The Labute approximate surface area is 248 Å². The van der Waals surface area contributed by atoms with Crippen molar-refractivity contribution in [3.8, 4) is 23.3 Å². The minimum atomic E-state index is -0.917. The predicted octanol–water partition coefficient (Wildman–Crippen LogP) is 8.69. The fourth-order valence-corrected chi connectivity index (χ4v) is 3.31. The molecular weight excluding hydrogens is 516 g/mol. The average Bonchev–Trinajstić information content (AvgIpc) is 2.99. The van der Waals surface area contributed by atoms with Crippen molar-refractivity contribution in [2.75, 3.05) is 19.1 Å². The third-order valence-corrected chi connectivity index (χ3v) is 5.33. The van der Waals surface area contributed by atoms with Gasteiger partial charge in [0.25, 0.3) is 0 Å². The number of aromatic nitrogens is 1. The number of carbonyl (C=O) groups is 1. The summed E-state index contributed by atoms with van der Waals surface area (Å²) in [5, 5.41) is 6.28. The molecule has 0 fully saturated rings. The Bertz CT molecular complexity index is 1080. The first-order valence-corrected chi connectivity index (χ1v) is 14.1. The maximum atomic E-state index is 12.5. The number of hydrogen-bond donors (Lipinski definition) is 2. The van der Waals surface area contributed by atoms with E-state index in [0.717, 1.165) is 16.8 Å². The Morgan fingerprint density at radius 3 is 1.41 bits per heavy atom. The van der Waals surface area contributed by atoms with Gasteiger partial charge in [0.15, 0.2) is 0 Å². The summed E-state index contributed by atoms with van der Waals surface area (Å²) in [6, 6.07) is 18.9. The second-order valence-electron chi connectivity index (χ2n) is 8.44. The van der Waals surface area contributed by atoms with Gasteiger partial charge in [-0.2, -0.15) is 4.98 Å². The standard InChI is InChI=1S/C25H28N2O4.C2H6N2.3C2H6/c1-17-21(27(5)25(3,4)24(28)29-6)18(2)23(31-20-15-11-8-12-16-20)26-22(17)30-19-13-9-7-10-14-19;1-2(3)4;3*1-2/h7-16H,1-6H3;1H3,(H3,3,4);3*1-2H3. The molecule has 228 valence electrons. The molecule has 0 spiro atoms. The van der Waals surface area contributed by atoms with Crippen LogP contribution in [-0.2, 0) is 9.53 Å². The van der Waals surface area contributed by atoms with Gasteiger partial charge in [0, 0.05) is 18.2 Å². The minimum absolute atomic E-state index is 0.167. The van der Waals surface area contributed by atoms with Crippen LogP contribution in [0.3, 0.4) is 0 Å². The molecule has 8 heteroatoms. The lowest BCUT2D eigenvalue weighted by Crippen LogP contribution is -2.49. The molecule has 1 heterocycles. The quantitative estimate of drug-likeness (QED) is 0.167. The average molecular weight is 569 g/mol. The first-order valence-electron chi connectivity index (χ1n) is 14.1. The summed E-state index contributed by atoms with van der Waals surface area (Å²) in [6.45, 7) is 21.0. The number of amidine groups is 1. The van der Waals surface area contributed by atoms with Crippen molar-refractivity contribution in [3.05, 3.63) is 71.8 Å². The predicted molar refractivity (Wildman–Crippen MR) is 173 cm³/mol. The van der Waals surface area contributed by atoms with Crippen molar-refractivity contribution in [1.82, 2.24) is 4.98 Å². The highest BCUT2D eigenvalue weighted by atomic mass is 16.5. The van der Waals surface area contributed by atoms with Crippen molar-refractivity contribution < 1.29 is 19.0 Å². The molecule has 1 aromatic heterocycles. The fraction of sp³-hybridized carbons (Fsp3) is 0.424. The number of ether oxygens (including phenoxy) is 3. The molecular formula is C33H52N4O4. The van der Waals surface area contributed by atoms with Gasteiger partial charge in [-0.25, -0.2) is 4.79 Å². The highest BCUT2D eigenvalue weighted by Gasteiger charge is 2.36. The molecule has 0 bridgehead atoms. The molecule has 3 N–H and O–H groups in total. The number of rotatable bonds is 7.